The van der Waals surface area contributed by atoms with Crippen LogP contribution in [-0.4, -0.2) is 40.5 Å². The fraction of sp³-hybridized carbons (Fsp3) is 0.382. The Balaban J connectivity index is 1.47. The molecule has 0 spiro atoms. The van der Waals surface area contributed by atoms with Gasteiger partial charge in [0.25, 0.3) is 0 Å². The number of aromatic nitrogens is 1. The maximum absolute atomic E-state index is 13.8. The first-order valence-electron chi connectivity index (χ1n) is 14.4. The van der Waals surface area contributed by atoms with Crippen molar-refractivity contribution in [2.75, 3.05) is 0 Å². The molecule has 1 aliphatic carbocycles. The van der Waals surface area contributed by atoms with Gasteiger partial charge in [-0.3, -0.25) is 19.9 Å². The van der Waals surface area contributed by atoms with Gasteiger partial charge in [-0.15, -0.1) is 0 Å². The number of ether oxygens (including phenoxy) is 1. The second-order valence-corrected chi connectivity index (χ2v) is 11.7. The first kappa shape index (κ1) is 30.0. The number of pyridine rings is 1. The summed E-state index contributed by atoms with van der Waals surface area (Å²) in [4.78, 5) is 31.3. The summed E-state index contributed by atoms with van der Waals surface area (Å²) in [6.07, 6.45) is 11.7. The highest BCUT2D eigenvalue weighted by Gasteiger charge is 2.29. The smallest absolute Gasteiger partial charge is 0.243 e. The van der Waals surface area contributed by atoms with Crippen molar-refractivity contribution in [1.29, 1.82) is 0 Å². The van der Waals surface area contributed by atoms with Crippen molar-refractivity contribution in [3.8, 4) is 5.75 Å². The molecule has 3 aromatic rings. The summed E-state index contributed by atoms with van der Waals surface area (Å²) >= 11 is 0. The van der Waals surface area contributed by atoms with E-state index in [1.165, 1.54) is 0 Å². The monoisotopic (exact) mass is 554 g/mol. The van der Waals surface area contributed by atoms with E-state index in [0.29, 0.717) is 19.4 Å². The lowest BCUT2D eigenvalue weighted by atomic mass is 9.98. The number of allylic oxidation sites excluding steroid dienone is 1. The molecule has 41 heavy (non-hydrogen) atoms. The Morgan fingerprint density at radius 2 is 1.56 bits per heavy atom. The Kier molecular flexibility index (Phi) is 10.7. The van der Waals surface area contributed by atoms with E-state index in [0.717, 1.165) is 41.7 Å². The van der Waals surface area contributed by atoms with E-state index >= 15 is 0 Å². The van der Waals surface area contributed by atoms with Crippen LogP contribution in [0.4, 0.5) is 0 Å². The van der Waals surface area contributed by atoms with Crippen molar-refractivity contribution in [3.05, 3.63) is 108 Å². The standard InChI is InChI=1S/C34H42N4O3/c1-34(2,3)38-33(40)31(22-25-14-16-29(17-15-25)41-24-27-10-6-4-7-11-27)37-32(39)30(23-26-18-20-35-21-19-26)36-28-12-8-5-9-13-28/h4,6-8,10-12,14-21,28,30-31,36H,5,9,13,22-24H2,1-3H3,(H,37,39)(H,38,40)/t28?,30-,31+/m0/s1. The van der Waals surface area contributed by atoms with Crippen molar-refractivity contribution < 1.29 is 14.3 Å². The average Bonchev–Trinajstić information content (AvgIpc) is 2.97. The summed E-state index contributed by atoms with van der Waals surface area (Å²) in [5, 5.41) is 9.65. The first-order chi connectivity index (χ1) is 19.7. The lowest BCUT2D eigenvalue weighted by Crippen LogP contribution is -2.57. The molecule has 0 saturated heterocycles. The van der Waals surface area contributed by atoms with Crippen molar-refractivity contribution >= 4 is 11.8 Å². The third kappa shape index (κ3) is 10.2. The number of carbonyl (C=O) groups excluding carboxylic acids is 2. The van der Waals surface area contributed by atoms with Gasteiger partial charge in [-0.1, -0.05) is 54.6 Å². The minimum Gasteiger partial charge on any atom is -0.489 e. The molecule has 216 valence electrons. The Bertz CT molecular complexity index is 1270. The Hall–Kier alpha value is -3.97. The zero-order valence-electron chi connectivity index (χ0n) is 24.3. The topological polar surface area (TPSA) is 92.4 Å². The molecule has 0 aliphatic heterocycles. The van der Waals surface area contributed by atoms with Crippen molar-refractivity contribution in [1.82, 2.24) is 20.9 Å². The summed E-state index contributed by atoms with van der Waals surface area (Å²) < 4.78 is 5.92. The van der Waals surface area contributed by atoms with Crippen LogP contribution < -0.4 is 20.7 Å². The van der Waals surface area contributed by atoms with Crippen LogP contribution in [0.5, 0.6) is 5.75 Å². The fourth-order valence-corrected chi connectivity index (χ4v) is 4.83. The molecular weight excluding hydrogens is 512 g/mol. The average molecular weight is 555 g/mol. The molecule has 4 rings (SSSR count). The lowest BCUT2D eigenvalue weighted by Gasteiger charge is -2.29. The van der Waals surface area contributed by atoms with E-state index in [9.17, 15) is 9.59 Å². The molecule has 1 heterocycles. The van der Waals surface area contributed by atoms with E-state index in [2.05, 4.69) is 33.1 Å². The van der Waals surface area contributed by atoms with Gasteiger partial charge in [0, 0.05) is 30.4 Å². The number of benzene rings is 2. The molecule has 0 radical (unpaired) electrons. The van der Waals surface area contributed by atoms with E-state index in [1.54, 1.807) is 12.4 Å². The van der Waals surface area contributed by atoms with Gasteiger partial charge in [-0.05, 0) is 87.4 Å². The van der Waals surface area contributed by atoms with Gasteiger partial charge in [-0.25, -0.2) is 0 Å². The second-order valence-electron chi connectivity index (χ2n) is 11.7. The minimum absolute atomic E-state index is 0.117. The van der Waals surface area contributed by atoms with Gasteiger partial charge in [0.15, 0.2) is 0 Å². The molecule has 0 bridgehead atoms. The molecule has 2 aromatic carbocycles. The van der Waals surface area contributed by atoms with E-state index in [1.807, 2.05) is 87.5 Å². The molecule has 7 nitrogen and oxygen atoms in total. The van der Waals surface area contributed by atoms with E-state index in [4.69, 9.17) is 4.74 Å². The van der Waals surface area contributed by atoms with Crippen LogP contribution in [0.1, 0.15) is 56.7 Å². The van der Waals surface area contributed by atoms with Gasteiger partial charge in [0.1, 0.15) is 18.4 Å². The summed E-state index contributed by atoms with van der Waals surface area (Å²) in [7, 11) is 0. The molecule has 2 amide bonds. The van der Waals surface area contributed by atoms with Crippen LogP contribution in [0.15, 0.2) is 91.3 Å². The molecule has 1 unspecified atom stereocenters. The fourth-order valence-electron chi connectivity index (χ4n) is 4.83. The number of nitrogens with one attached hydrogen (secondary N) is 3. The summed E-state index contributed by atoms with van der Waals surface area (Å²) in [6, 6.07) is 20.4. The van der Waals surface area contributed by atoms with Crippen LogP contribution in [0.2, 0.25) is 0 Å². The lowest BCUT2D eigenvalue weighted by molar-refractivity contribution is -0.130. The zero-order valence-corrected chi connectivity index (χ0v) is 24.3. The van der Waals surface area contributed by atoms with Crippen LogP contribution in [0.25, 0.3) is 0 Å². The largest absolute Gasteiger partial charge is 0.489 e. The second kappa shape index (κ2) is 14.6. The maximum atomic E-state index is 13.8. The predicted molar refractivity (Wildman–Crippen MR) is 162 cm³/mol. The predicted octanol–water partition coefficient (Wildman–Crippen LogP) is 4.91. The number of hydrogen-bond acceptors (Lipinski definition) is 5. The van der Waals surface area contributed by atoms with Crippen molar-refractivity contribution in [2.45, 2.75) is 83.1 Å². The Morgan fingerprint density at radius 1 is 0.878 bits per heavy atom. The summed E-state index contributed by atoms with van der Waals surface area (Å²) in [5.41, 5.74) is 2.60. The zero-order chi connectivity index (χ0) is 29.1. The Morgan fingerprint density at radius 3 is 2.22 bits per heavy atom. The van der Waals surface area contributed by atoms with Crippen LogP contribution in [0, 0.1) is 0 Å². The van der Waals surface area contributed by atoms with E-state index in [-0.39, 0.29) is 17.9 Å². The van der Waals surface area contributed by atoms with Crippen LogP contribution in [0.3, 0.4) is 0 Å². The SMILES string of the molecule is CC(C)(C)NC(=O)[C@@H](Cc1ccc(OCc2ccccc2)cc1)NC(=O)[C@H](Cc1ccncc1)NC1C=CCCC1. The summed E-state index contributed by atoms with van der Waals surface area (Å²) in [6.45, 7) is 6.29. The van der Waals surface area contributed by atoms with Gasteiger partial charge < -0.3 is 15.4 Å². The van der Waals surface area contributed by atoms with Gasteiger partial charge in [0.05, 0.1) is 6.04 Å². The van der Waals surface area contributed by atoms with Crippen LogP contribution in [-0.2, 0) is 29.0 Å². The van der Waals surface area contributed by atoms with Gasteiger partial charge in [-0.2, -0.15) is 0 Å². The van der Waals surface area contributed by atoms with Gasteiger partial charge in [0.2, 0.25) is 11.8 Å². The number of amides is 2. The van der Waals surface area contributed by atoms with Crippen molar-refractivity contribution in [2.24, 2.45) is 0 Å². The third-order valence-corrected chi connectivity index (χ3v) is 6.92. The molecule has 1 aromatic heterocycles. The molecule has 0 saturated carbocycles. The van der Waals surface area contributed by atoms with E-state index < -0.39 is 17.6 Å². The minimum atomic E-state index is -0.735. The Labute approximate surface area is 243 Å². The van der Waals surface area contributed by atoms with Crippen LogP contribution >= 0.6 is 0 Å². The maximum Gasteiger partial charge on any atom is 0.243 e. The van der Waals surface area contributed by atoms with Crippen molar-refractivity contribution in [3.63, 3.8) is 0 Å². The number of rotatable bonds is 12. The molecule has 3 atom stereocenters. The number of nitrogens with zero attached hydrogens (tertiary/aromatic N) is 1. The number of carbonyl (C=O) groups is 2. The summed E-state index contributed by atoms with van der Waals surface area (Å²) in [5.74, 6) is 0.340. The quantitative estimate of drug-likeness (QED) is 0.277. The highest BCUT2D eigenvalue weighted by atomic mass is 16.5. The highest BCUT2D eigenvalue weighted by molar-refractivity contribution is 5.90. The number of hydrogen-bond donors (Lipinski definition) is 3. The highest BCUT2D eigenvalue weighted by Crippen LogP contribution is 2.17. The molecular formula is C34H42N4O3. The third-order valence-electron chi connectivity index (χ3n) is 6.92. The van der Waals surface area contributed by atoms with Gasteiger partial charge >= 0.3 is 0 Å². The normalized spacial score (nSPS) is 16.4. The first-order valence-corrected chi connectivity index (χ1v) is 14.4. The molecule has 7 heteroatoms. The molecule has 3 N–H and O–H groups in total. The molecule has 0 fully saturated rings. The molecule has 1 aliphatic rings.